The standard InChI is InChI=1S/C8H18O3/c1-4-11-5-7(10)8(2,3)6-9/h7,9-10H,4-6H2,1-3H3. The molecule has 2 N–H and O–H groups in total. The molecule has 0 aromatic carbocycles. The Bertz CT molecular complexity index is 102. The summed E-state index contributed by atoms with van der Waals surface area (Å²) in [5.41, 5.74) is -0.463. The number of ether oxygens (including phenoxy) is 1. The van der Waals surface area contributed by atoms with Crippen molar-refractivity contribution in [2.75, 3.05) is 19.8 Å². The van der Waals surface area contributed by atoms with Crippen molar-refractivity contribution in [1.82, 2.24) is 0 Å². The van der Waals surface area contributed by atoms with Crippen molar-refractivity contribution >= 4 is 0 Å². The van der Waals surface area contributed by atoms with Gasteiger partial charge in [-0.1, -0.05) is 13.8 Å². The van der Waals surface area contributed by atoms with Crippen molar-refractivity contribution in [3.8, 4) is 0 Å². The molecule has 11 heavy (non-hydrogen) atoms. The molecule has 1 atom stereocenters. The van der Waals surface area contributed by atoms with Crippen molar-refractivity contribution in [2.24, 2.45) is 5.41 Å². The van der Waals surface area contributed by atoms with Crippen molar-refractivity contribution in [3.63, 3.8) is 0 Å². The summed E-state index contributed by atoms with van der Waals surface area (Å²) < 4.78 is 5.02. The van der Waals surface area contributed by atoms with Gasteiger partial charge in [-0.15, -0.1) is 0 Å². The van der Waals surface area contributed by atoms with Crippen LogP contribution in [0.1, 0.15) is 20.8 Å². The smallest absolute Gasteiger partial charge is 0.0846 e. The molecule has 0 aromatic rings. The quantitative estimate of drug-likeness (QED) is 0.615. The van der Waals surface area contributed by atoms with Gasteiger partial charge in [0.1, 0.15) is 0 Å². The molecule has 0 radical (unpaired) electrons. The molecule has 0 bridgehead atoms. The fourth-order valence-electron chi connectivity index (χ4n) is 0.560. The Morgan fingerprint density at radius 2 is 2.00 bits per heavy atom. The van der Waals surface area contributed by atoms with Crippen LogP contribution in [0.3, 0.4) is 0 Å². The first-order valence-electron chi connectivity index (χ1n) is 3.91. The second-order valence-electron chi connectivity index (χ2n) is 3.32. The van der Waals surface area contributed by atoms with E-state index in [4.69, 9.17) is 9.84 Å². The van der Waals surface area contributed by atoms with Gasteiger partial charge in [-0.2, -0.15) is 0 Å². The Morgan fingerprint density at radius 1 is 1.45 bits per heavy atom. The van der Waals surface area contributed by atoms with E-state index in [2.05, 4.69) is 0 Å². The molecule has 0 aliphatic heterocycles. The lowest BCUT2D eigenvalue weighted by Crippen LogP contribution is -2.36. The minimum atomic E-state index is -0.590. The van der Waals surface area contributed by atoms with Crippen LogP contribution in [-0.4, -0.2) is 36.1 Å². The van der Waals surface area contributed by atoms with E-state index in [1.807, 2.05) is 6.92 Å². The first kappa shape index (κ1) is 10.9. The molecular weight excluding hydrogens is 144 g/mol. The van der Waals surface area contributed by atoms with Crippen LogP contribution in [0.4, 0.5) is 0 Å². The number of aliphatic hydroxyl groups is 2. The van der Waals surface area contributed by atoms with Gasteiger partial charge in [-0.3, -0.25) is 0 Å². The maximum absolute atomic E-state index is 9.42. The molecule has 3 nitrogen and oxygen atoms in total. The summed E-state index contributed by atoms with van der Waals surface area (Å²) in [5.74, 6) is 0. The van der Waals surface area contributed by atoms with Gasteiger partial charge < -0.3 is 14.9 Å². The Morgan fingerprint density at radius 3 is 2.36 bits per heavy atom. The third-order valence-electron chi connectivity index (χ3n) is 1.79. The number of hydrogen-bond acceptors (Lipinski definition) is 3. The van der Waals surface area contributed by atoms with E-state index < -0.39 is 11.5 Å². The molecule has 0 heterocycles. The maximum atomic E-state index is 9.42. The van der Waals surface area contributed by atoms with Gasteiger partial charge in [0.25, 0.3) is 0 Å². The van der Waals surface area contributed by atoms with Gasteiger partial charge in [0.05, 0.1) is 19.3 Å². The van der Waals surface area contributed by atoms with Crippen LogP contribution in [-0.2, 0) is 4.74 Å². The van der Waals surface area contributed by atoms with Crippen LogP contribution >= 0.6 is 0 Å². The summed E-state index contributed by atoms with van der Waals surface area (Å²) in [6.07, 6.45) is -0.590. The molecule has 0 saturated heterocycles. The van der Waals surface area contributed by atoms with Crippen LogP contribution in [0, 0.1) is 5.41 Å². The van der Waals surface area contributed by atoms with E-state index >= 15 is 0 Å². The SMILES string of the molecule is CCOCC(O)C(C)(C)CO. The lowest BCUT2D eigenvalue weighted by molar-refractivity contribution is -0.0460. The van der Waals surface area contributed by atoms with Crippen LogP contribution in [0.5, 0.6) is 0 Å². The number of hydrogen-bond donors (Lipinski definition) is 2. The largest absolute Gasteiger partial charge is 0.396 e. The molecule has 1 unspecified atom stereocenters. The molecule has 0 aromatic heterocycles. The summed E-state index contributed by atoms with van der Waals surface area (Å²) in [4.78, 5) is 0. The van der Waals surface area contributed by atoms with Gasteiger partial charge >= 0.3 is 0 Å². The van der Waals surface area contributed by atoms with Gasteiger partial charge in [-0.05, 0) is 6.92 Å². The van der Waals surface area contributed by atoms with Gasteiger partial charge in [0.15, 0.2) is 0 Å². The van der Waals surface area contributed by atoms with Crippen LogP contribution in [0.25, 0.3) is 0 Å². The highest BCUT2D eigenvalue weighted by Gasteiger charge is 2.26. The lowest BCUT2D eigenvalue weighted by Gasteiger charge is -2.27. The average molecular weight is 162 g/mol. The fourth-order valence-corrected chi connectivity index (χ4v) is 0.560. The molecule has 0 spiro atoms. The van der Waals surface area contributed by atoms with Crippen LogP contribution in [0.2, 0.25) is 0 Å². The minimum absolute atomic E-state index is 0.0265. The van der Waals surface area contributed by atoms with Crippen molar-refractivity contribution in [1.29, 1.82) is 0 Å². The van der Waals surface area contributed by atoms with Gasteiger partial charge in [0.2, 0.25) is 0 Å². The normalized spacial score (nSPS) is 15.0. The van der Waals surface area contributed by atoms with Crippen molar-refractivity contribution in [2.45, 2.75) is 26.9 Å². The van der Waals surface area contributed by atoms with Crippen molar-refractivity contribution < 1.29 is 14.9 Å². The van der Waals surface area contributed by atoms with Crippen molar-refractivity contribution in [3.05, 3.63) is 0 Å². The van der Waals surface area contributed by atoms with Crippen LogP contribution in [0.15, 0.2) is 0 Å². The monoisotopic (exact) mass is 162 g/mol. The Balaban J connectivity index is 3.71. The fraction of sp³-hybridized carbons (Fsp3) is 1.00. The summed E-state index contributed by atoms with van der Waals surface area (Å²) >= 11 is 0. The molecule has 0 amide bonds. The zero-order valence-electron chi connectivity index (χ0n) is 7.50. The molecular formula is C8H18O3. The van der Waals surface area contributed by atoms with E-state index in [1.165, 1.54) is 0 Å². The van der Waals surface area contributed by atoms with E-state index in [-0.39, 0.29) is 6.61 Å². The summed E-state index contributed by atoms with van der Waals surface area (Å²) in [6, 6.07) is 0. The summed E-state index contributed by atoms with van der Waals surface area (Å²) in [6.45, 7) is 6.34. The highest BCUT2D eigenvalue weighted by molar-refractivity contribution is 4.76. The topological polar surface area (TPSA) is 49.7 Å². The summed E-state index contributed by atoms with van der Waals surface area (Å²) in [5, 5.41) is 18.3. The minimum Gasteiger partial charge on any atom is -0.396 e. The highest BCUT2D eigenvalue weighted by atomic mass is 16.5. The molecule has 0 rings (SSSR count). The molecule has 0 fully saturated rings. The van der Waals surface area contributed by atoms with Gasteiger partial charge in [-0.25, -0.2) is 0 Å². The second-order valence-corrected chi connectivity index (χ2v) is 3.32. The lowest BCUT2D eigenvalue weighted by atomic mass is 9.88. The molecule has 0 aliphatic carbocycles. The highest BCUT2D eigenvalue weighted by Crippen LogP contribution is 2.19. The summed E-state index contributed by atoms with van der Waals surface area (Å²) in [7, 11) is 0. The van der Waals surface area contributed by atoms with Crippen LogP contribution < -0.4 is 0 Å². The Labute approximate surface area is 68.0 Å². The third-order valence-corrected chi connectivity index (χ3v) is 1.79. The first-order valence-corrected chi connectivity index (χ1v) is 3.91. The molecule has 0 saturated carbocycles. The maximum Gasteiger partial charge on any atom is 0.0846 e. The van der Waals surface area contributed by atoms with E-state index in [0.717, 1.165) is 0 Å². The predicted molar refractivity (Wildman–Crippen MR) is 43.4 cm³/mol. The van der Waals surface area contributed by atoms with E-state index in [9.17, 15) is 5.11 Å². The Kier molecular flexibility index (Phi) is 4.65. The third kappa shape index (κ3) is 3.70. The van der Waals surface area contributed by atoms with E-state index in [0.29, 0.717) is 13.2 Å². The van der Waals surface area contributed by atoms with E-state index in [1.54, 1.807) is 13.8 Å². The average Bonchev–Trinajstić information content (AvgIpc) is 2.00. The molecule has 0 aliphatic rings. The zero-order chi connectivity index (χ0) is 8.91. The second kappa shape index (κ2) is 4.70. The van der Waals surface area contributed by atoms with Gasteiger partial charge in [0, 0.05) is 12.0 Å². The zero-order valence-corrected chi connectivity index (χ0v) is 7.50. The molecule has 68 valence electrons. The Hall–Kier alpha value is -0.120. The number of aliphatic hydroxyl groups excluding tert-OH is 2. The molecule has 3 heteroatoms. The number of rotatable bonds is 5. The predicted octanol–water partition coefficient (Wildman–Crippen LogP) is 0.402. The first-order chi connectivity index (χ1) is 5.04.